The van der Waals surface area contributed by atoms with Gasteiger partial charge in [0.2, 0.25) is 11.8 Å². The Morgan fingerprint density at radius 2 is 1.87 bits per heavy atom. The molecule has 1 aromatic heterocycles. The van der Waals surface area contributed by atoms with Gasteiger partial charge >= 0.3 is 0 Å². The summed E-state index contributed by atoms with van der Waals surface area (Å²) in [7, 11) is 2.12. The maximum atomic E-state index is 13.7. The molecule has 0 bridgehead atoms. The van der Waals surface area contributed by atoms with E-state index < -0.39 is 12.5 Å². The number of H-pyrrole nitrogens is 1. The Morgan fingerprint density at radius 1 is 1.05 bits per heavy atom. The van der Waals surface area contributed by atoms with Gasteiger partial charge in [0.1, 0.15) is 18.4 Å². The second kappa shape index (κ2) is 17.6. The lowest BCUT2D eigenvalue weighted by molar-refractivity contribution is -0.136. The average molecular weight is 854 g/mol. The molecule has 4 fully saturated rings. The fourth-order valence-corrected chi connectivity index (χ4v) is 10.7. The number of fused-ring (bicyclic) bond motifs is 8. The number of anilines is 1. The summed E-state index contributed by atoms with van der Waals surface area (Å²) in [6.07, 6.45) is 6.78. The van der Waals surface area contributed by atoms with E-state index in [2.05, 4.69) is 49.8 Å². The van der Waals surface area contributed by atoms with Crippen molar-refractivity contribution in [2.75, 3.05) is 71.1 Å². The third-order valence-electron chi connectivity index (χ3n) is 14.0. The molecule has 2 unspecified atom stereocenters. The number of aliphatic imine (C=N–C) groups is 2. The quantitative estimate of drug-likeness (QED) is 0.239. The third kappa shape index (κ3) is 8.17. The van der Waals surface area contributed by atoms with E-state index in [9.17, 15) is 23.2 Å². The monoisotopic (exact) mass is 853 g/mol. The van der Waals surface area contributed by atoms with Crippen LogP contribution in [0, 0.1) is 0 Å². The zero-order valence-corrected chi connectivity index (χ0v) is 35.7. The van der Waals surface area contributed by atoms with Crippen LogP contribution in [0.15, 0.2) is 58.2 Å². The fourth-order valence-electron chi connectivity index (χ4n) is 10.7. The number of rotatable bonds is 8. The molecular formula is C46H57F2N9O5. The second-order valence-corrected chi connectivity index (χ2v) is 17.9. The highest BCUT2D eigenvalue weighted by Crippen LogP contribution is 2.44. The summed E-state index contributed by atoms with van der Waals surface area (Å²) in [5, 5.41) is 3.49. The van der Waals surface area contributed by atoms with Gasteiger partial charge in [-0.3, -0.25) is 39.5 Å². The number of halogens is 2. The summed E-state index contributed by atoms with van der Waals surface area (Å²) in [5.74, 6) is -0.0496. The van der Waals surface area contributed by atoms with E-state index in [-0.39, 0.29) is 48.4 Å². The van der Waals surface area contributed by atoms with Gasteiger partial charge < -0.3 is 29.2 Å². The van der Waals surface area contributed by atoms with Crippen LogP contribution in [-0.4, -0.2) is 152 Å². The van der Waals surface area contributed by atoms with Gasteiger partial charge in [-0.05, 0) is 83.0 Å². The number of carbonyl (C=O) groups is 3. The van der Waals surface area contributed by atoms with E-state index in [0.717, 1.165) is 104 Å². The van der Waals surface area contributed by atoms with Gasteiger partial charge in [-0.15, -0.1) is 0 Å². The predicted molar refractivity (Wildman–Crippen MR) is 233 cm³/mol. The zero-order valence-electron chi connectivity index (χ0n) is 35.7. The van der Waals surface area contributed by atoms with Crippen LogP contribution >= 0.6 is 0 Å². The largest absolute Gasteiger partial charge is 0.489 e. The summed E-state index contributed by atoms with van der Waals surface area (Å²) >= 11 is 0. The highest BCUT2D eigenvalue weighted by molar-refractivity contribution is 6.06. The van der Waals surface area contributed by atoms with Crippen molar-refractivity contribution in [3.63, 3.8) is 0 Å². The van der Waals surface area contributed by atoms with Gasteiger partial charge in [0, 0.05) is 97.5 Å². The van der Waals surface area contributed by atoms with E-state index in [0.29, 0.717) is 44.3 Å². The Balaban J connectivity index is 0.000000163. The smallest absolute Gasteiger partial charge is 0.255 e. The number of aromatic amines is 1. The fraction of sp³-hybridized carbons (Fsp3) is 0.543. The first-order valence-corrected chi connectivity index (χ1v) is 22.1. The minimum absolute atomic E-state index is 0.0491. The molecule has 14 nitrogen and oxygen atoms in total. The van der Waals surface area contributed by atoms with Crippen molar-refractivity contribution in [3.8, 4) is 5.75 Å². The number of alkyl halides is 2. The minimum Gasteiger partial charge on any atom is -0.489 e. The van der Waals surface area contributed by atoms with Crippen molar-refractivity contribution in [2.45, 2.75) is 94.6 Å². The van der Waals surface area contributed by atoms with Crippen LogP contribution in [0.5, 0.6) is 5.75 Å². The topological polar surface area (TPSA) is 138 Å². The number of carbonyl (C=O) groups excluding carboxylic acids is 3. The molecular weight excluding hydrogens is 797 g/mol. The van der Waals surface area contributed by atoms with E-state index in [4.69, 9.17) is 14.5 Å². The van der Waals surface area contributed by atoms with Crippen LogP contribution in [0.25, 0.3) is 10.9 Å². The number of para-hydroxylation sites is 1. The molecule has 1 spiro atoms. The van der Waals surface area contributed by atoms with Crippen molar-refractivity contribution in [1.29, 1.82) is 0 Å². The number of piperidine rings is 2. The first-order valence-electron chi connectivity index (χ1n) is 22.1. The van der Waals surface area contributed by atoms with Gasteiger partial charge in [-0.1, -0.05) is 18.2 Å². The Hall–Kier alpha value is -5.03. The van der Waals surface area contributed by atoms with Crippen molar-refractivity contribution >= 4 is 47.2 Å². The zero-order chi connectivity index (χ0) is 43.1. The first kappa shape index (κ1) is 42.3. The number of likely N-dealkylation sites (tertiary alicyclic amines) is 1. The molecule has 2 aromatic carbocycles. The molecule has 0 saturated carbocycles. The Kier molecular flexibility index (Phi) is 12.0. The molecule has 4 atom stereocenters. The number of piperazine rings is 1. The van der Waals surface area contributed by atoms with Crippen LogP contribution in [0.3, 0.4) is 0 Å². The number of aromatic nitrogens is 1. The first-order chi connectivity index (χ1) is 30.0. The molecule has 0 radical (unpaired) electrons. The Labute approximate surface area is 361 Å². The maximum Gasteiger partial charge on any atom is 0.255 e. The number of nitrogens with zero attached hydrogens (tertiary/aromatic N) is 7. The number of nitrogens with one attached hydrogen (secondary N) is 2. The van der Waals surface area contributed by atoms with E-state index >= 15 is 0 Å². The summed E-state index contributed by atoms with van der Waals surface area (Å²) in [6.45, 7) is 12.6. The molecule has 4 saturated heterocycles. The van der Waals surface area contributed by atoms with Crippen LogP contribution in [0.4, 0.5) is 14.5 Å². The lowest BCUT2D eigenvalue weighted by atomic mass is 9.89. The molecule has 330 valence electrons. The van der Waals surface area contributed by atoms with Crippen molar-refractivity contribution < 1.29 is 32.6 Å². The number of hydrogen-bond acceptors (Lipinski definition) is 11. The molecule has 3 aromatic rings. The highest BCUT2D eigenvalue weighted by Gasteiger charge is 2.43. The summed E-state index contributed by atoms with van der Waals surface area (Å²) in [6, 6.07) is 11.2. The van der Waals surface area contributed by atoms with Gasteiger partial charge in [-0.25, -0.2) is 8.78 Å². The number of hydrogen-bond donors (Lipinski definition) is 2. The van der Waals surface area contributed by atoms with Gasteiger partial charge in [0.25, 0.3) is 12.3 Å². The van der Waals surface area contributed by atoms with Crippen LogP contribution in [0.2, 0.25) is 0 Å². The van der Waals surface area contributed by atoms with Gasteiger partial charge in [0.05, 0.1) is 43.1 Å². The number of likely N-dealkylation sites (N-methyl/N-ethyl adjacent to an activating group) is 1. The standard InChI is InChI=1S/C27H35F2N5O.C19H22N4O4/c1-19-14-22-21-6-3-4-7-23(21)32-25(22)26(34(19)17-24(28)29)20(15-30-2)16-31-18-33-11-9-27(10-12-33)8-5-13-35-27;1-21-6-7-22-11(8-21)10-27-17-13-9-23(15-4-5-16(24)20-18(15)25)19(26)12(13)2-3-14(17)22/h3-4,6-7,15-16,19,24,26,32H,2,5,8-14,17-18H2,1H3;2-3,11,15H,4-10H2,1H3,(H,20,24,25)/b20-15+,31-16-;/t19?,26-;11?,15-/m01/s1. The molecule has 16 heteroatoms. The number of ether oxygens (including phenoxy) is 2. The Bertz CT molecular complexity index is 2260. The molecule has 7 aliphatic heterocycles. The maximum absolute atomic E-state index is 13.7. The molecule has 2 N–H and O–H groups in total. The summed E-state index contributed by atoms with van der Waals surface area (Å²) in [5.41, 5.74) is 6.51. The van der Waals surface area contributed by atoms with E-state index in [1.54, 1.807) is 11.1 Å². The minimum atomic E-state index is -2.43. The van der Waals surface area contributed by atoms with Crippen LogP contribution < -0.4 is 15.0 Å². The number of amides is 3. The molecule has 62 heavy (non-hydrogen) atoms. The SMILES string of the molecule is C=N/C=C(\C=N/CN1CCC2(CCCO2)CC1)[C@H]1c2[nH]c3ccccc3c2CC(C)N1CC(F)F.CN1CCN2c3ccc4c(c3OCC2C1)CN([C@@H]1CCC(=O)NC1=O)C4=O. The number of benzene rings is 2. The van der Waals surface area contributed by atoms with Crippen LogP contribution in [-0.2, 0) is 27.3 Å². The van der Waals surface area contributed by atoms with Crippen molar-refractivity contribution in [3.05, 3.63) is 70.6 Å². The molecule has 0 aliphatic carbocycles. The Morgan fingerprint density at radius 3 is 2.63 bits per heavy atom. The predicted octanol–water partition coefficient (Wildman–Crippen LogP) is 4.94. The number of imide groups is 1. The summed E-state index contributed by atoms with van der Waals surface area (Å²) in [4.78, 5) is 59.3. The second-order valence-electron chi connectivity index (χ2n) is 17.9. The van der Waals surface area contributed by atoms with Crippen molar-refractivity contribution in [2.24, 2.45) is 9.98 Å². The lowest BCUT2D eigenvalue weighted by Gasteiger charge is -2.45. The molecule has 7 aliphatic rings. The van der Waals surface area contributed by atoms with Gasteiger partial charge in [-0.2, -0.15) is 0 Å². The average Bonchev–Trinajstić information content (AvgIpc) is 3.97. The normalized spacial score (nSPS) is 26.6. The molecule has 3 amide bonds. The van der Waals surface area contributed by atoms with Crippen molar-refractivity contribution in [1.82, 2.24) is 29.9 Å². The van der Waals surface area contributed by atoms with E-state index in [1.165, 1.54) is 5.56 Å². The van der Waals surface area contributed by atoms with E-state index in [1.807, 2.05) is 48.4 Å². The molecule has 8 heterocycles. The van der Waals surface area contributed by atoms with Crippen LogP contribution in [0.1, 0.15) is 78.7 Å². The van der Waals surface area contributed by atoms with Gasteiger partial charge in [0.15, 0.2) is 0 Å². The third-order valence-corrected chi connectivity index (χ3v) is 14.0. The molecule has 10 rings (SSSR count). The summed E-state index contributed by atoms with van der Waals surface area (Å²) < 4.78 is 39.5. The lowest BCUT2D eigenvalue weighted by Crippen LogP contribution is -2.56. The highest BCUT2D eigenvalue weighted by atomic mass is 19.3.